The van der Waals surface area contributed by atoms with E-state index in [0.717, 1.165) is 12.8 Å². The second kappa shape index (κ2) is 21.7. The van der Waals surface area contributed by atoms with Gasteiger partial charge in [-0.05, 0) is 56.8 Å². The summed E-state index contributed by atoms with van der Waals surface area (Å²) in [5.41, 5.74) is 0. The quantitative estimate of drug-likeness (QED) is 0.101. The molecule has 0 radical (unpaired) electrons. The molecule has 28 heavy (non-hydrogen) atoms. The van der Waals surface area contributed by atoms with Gasteiger partial charge in [0.15, 0.2) is 5.78 Å². The Kier molecular flexibility index (Phi) is 20.4. The number of carbonyl (C=O) groups is 2. The zero-order valence-electron chi connectivity index (χ0n) is 18.3. The summed E-state index contributed by atoms with van der Waals surface area (Å²) in [6.45, 7) is 3.77. The summed E-state index contributed by atoms with van der Waals surface area (Å²) >= 11 is 0. The molecule has 0 saturated carbocycles. The largest absolute Gasteiger partial charge is 0.462 e. The number of esters is 1. The van der Waals surface area contributed by atoms with Crippen molar-refractivity contribution in [2.45, 2.75) is 104 Å². The Labute approximate surface area is 173 Å². The fourth-order valence-electron chi connectivity index (χ4n) is 2.92. The third-order valence-corrected chi connectivity index (χ3v) is 4.58. The zero-order valence-corrected chi connectivity index (χ0v) is 18.3. The van der Waals surface area contributed by atoms with Gasteiger partial charge in [0.25, 0.3) is 0 Å². The van der Waals surface area contributed by atoms with Crippen molar-refractivity contribution in [3.8, 4) is 0 Å². The average molecular weight is 391 g/mol. The van der Waals surface area contributed by atoms with Gasteiger partial charge in [0.1, 0.15) is 6.61 Å². The van der Waals surface area contributed by atoms with Crippen molar-refractivity contribution in [1.29, 1.82) is 0 Å². The number of ketones is 1. The maximum atomic E-state index is 11.5. The smallest absolute Gasteiger partial charge is 0.302 e. The Bertz CT molecular complexity index is 460. The van der Waals surface area contributed by atoms with E-state index in [4.69, 9.17) is 4.74 Å². The lowest BCUT2D eigenvalue weighted by atomic mass is 10.1. The van der Waals surface area contributed by atoms with Crippen LogP contribution in [0.1, 0.15) is 104 Å². The first kappa shape index (κ1) is 26.4. The summed E-state index contributed by atoms with van der Waals surface area (Å²) < 4.78 is 4.73. The van der Waals surface area contributed by atoms with Gasteiger partial charge in [0.2, 0.25) is 0 Å². The predicted molar refractivity (Wildman–Crippen MR) is 119 cm³/mol. The van der Waals surface area contributed by atoms with Gasteiger partial charge < -0.3 is 4.74 Å². The Balaban J connectivity index is 3.33. The van der Waals surface area contributed by atoms with Crippen LogP contribution in [0.5, 0.6) is 0 Å². The molecule has 0 aromatic heterocycles. The standard InChI is InChI=1S/C25H42O3/c1-3-4-5-6-7-8-9-10-11-12-13-14-15-16-17-18-19-21-25(27)22-20-23-28-24(2)26/h8-9,19-22H,3-7,10-18,23H2,1-2H3. The van der Waals surface area contributed by atoms with E-state index in [1.165, 1.54) is 90.0 Å². The molecule has 0 N–H and O–H groups in total. The van der Waals surface area contributed by atoms with Gasteiger partial charge in [-0.15, -0.1) is 0 Å². The van der Waals surface area contributed by atoms with Gasteiger partial charge in [0.05, 0.1) is 0 Å². The van der Waals surface area contributed by atoms with E-state index < -0.39 is 0 Å². The van der Waals surface area contributed by atoms with Gasteiger partial charge in [0, 0.05) is 6.92 Å². The Morgan fingerprint density at radius 2 is 1.11 bits per heavy atom. The fourth-order valence-corrected chi connectivity index (χ4v) is 2.92. The van der Waals surface area contributed by atoms with Crippen LogP contribution in [-0.2, 0) is 14.3 Å². The normalized spacial score (nSPS) is 11.8. The highest BCUT2D eigenvalue weighted by Crippen LogP contribution is 2.11. The van der Waals surface area contributed by atoms with Crippen molar-refractivity contribution in [3.63, 3.8) is 0 Å². The molecule has 0 aliphatic carbocycles. The molecule has 0 amide bonds. The summed E-state index contributed by atoms with van der Waals surface area (Å²) in [6.07, 6.45) is 29.1. The van der Waals surface area contributed by atoms with Gasteiger partial charge in [-0.3, -0.25) is 9.59 Å². The number of allylic oxidation sites excluding steroid dienone is 5. The first-order valence-corrected chi connectivity index (χ1v) is 11.3. The summed E-state index contributed by atoms with van der Waals surface area (Å²) in [4.78, 5) is 22.1. The third-order valence-electron chi connectivity index (χ3n) is 4.58. The second-order valence-electron chi connectivity index (χ2n) is 7.38. The van der Waals surface area contributed by atoms with Gasteiger partial charge >= 0.3 is 5.97 Å². The molecule has 0 aliphatic heterocycles. The number of rotatable bonds is 19. The highest BCUT2D eigenvalue weighted by molar-refractivity contribution is 5.99. The van der Waals surface area contributed by atoms with Crippen LogP contribution in [0, 0.1) is 0 Å². The van der Waals surface area contributed by atoms with E-state index in [9.17, 15) is 9.59 Å². The summed E-state index contributed by atoms with van der Waals surface area (Å²) in [6, 6.07) is 0. The minimum Gasteiger partial charge on any atom is -0.462 e. The summed E-state index contributed by atoms with van der Waals surface area (Å²) in [5, 5.41) is 0. The van der Waals surface area contributed by atoms with Crippen molar-refractivity contribution in [2.24, 2.45) is 0 Å². The van der Waals surface area contributed by atoms with E-state index >= 15 is 0 Å². The molecule has 160 valence electrons. The van der Waals surface area contributed by atoms with Crippen molar-refractivity contribution in [2.75, 3.05) is 6.61 Å². The topological polar surface area (TPSA) is 43.4 Å². The molecule has 0 saturated heterocycles. The molecule has 0 aromatic carbocycles. The second-order valence-corrected chi connectivity index (χ2v) is 7.38. The molecule has 3 nitrogen and oxygen atoms in total. The Morgan fingerprint density at radius 1 is 0.643 bits per heavy atom. The molecule has 0 heterocycles. The van der Waals surface area contributed by atoms with Crippen LogP contribution < -0.4 is 0 Å². The van der Waals surface area contributed by atoms with Crippen LogP contribution in [0.25, 0.3) is 0 Å². The number of hydrogen-bond donors (Lipinski definition) is 0. The highest BCUT2D eigenvalue weighted by atomic mass is 16.5. The van der Waals surface area contributed by atoms with E-state index in [2.05, 4.69) is 19.1 Å². The maximum absolute atomic E-state index is 11.5. The number of carbonyl (C=O) groups excluding carboxylic acids is 2. The van der Waals surface area contributed by atoms with Crippen LogP contribution in [0.4, 0.5) is 0 Å². The van der Waals surface area contributed by atoms with Crippen LogP contribution in [0.15, 0.2) is 36.5 Å². The van der Waals surface area contributed by atoms with Gasteiger partial charge in [-0.25, -0.2) is 0 Å². The zero-order chi connectivity index (χ0) is 20.7. The molecule has 0 unspecified atom stereocenters. The van der Waals surface area contributed by atoms with Crippen molar-refractivity contribution in [3.05, 3.63) is 36.5 Å². The molecule has 0 aromatic rings. The van der Waals surface area contributed by atoms with Crippen molar-refractivity contribution >= 4 is 11.8 Å². The minimum absolute atomic E-state index is 0.0536. The molecule has 0 aliphatic rings. The number of unbranched alkanes of at least 4 members (excludes halogenated alkanes) is 12. The molecular weight excluding hydrogens is 348 g/mol. The SMILES string of the molecule is CCCCCCC=CCCCCCCCCCC=CC(=O)C=CCOC(C)=O. The first-order valence-electron chi connectivity index (χ1n) is 11.3. The molecule has 0 fully saturated rings. The molecule has 0 rings (SSSR count). The lowest BCUT2D eigenvalue weighted by Crippen LogP contribution is -1.98. The van der Waals surface area contributed by atoms with Crippen LogP contribution >= 0.6 is 0 Å². The van der Waals surface area contributed by atoms with Crippen LogP contribution in [-0.4, -0.2) is 18.4 Å². The molecule has 0 bridgehead atoms. The van der Waals surface area contributed by atoms with E-state index in [0.29, 0.717) is 0 Å². The van der Waals surface area contributed by atoms with Gasteiger partial charge in [-0.1, -0.05) is 76.5 Å². The lowest BCUT2D eigenvalue weighted by molar-refractivity contribution is -0.139. The number of ether oxygens (including phenoxy) is 1. The van der Waals surface area contributed by atoms with Crippen LogP contribution in [0.2, 0.25) is 0 Å². The van der Waals surface area contributed by atoms with E-state index in [1.54, 1.807) is 12.2 Å². The van der Waals surface area contributed by atoms with E-state index in [-0.39, 0.29) is 18.4 Å². The molecule has 0 spiro atoms. The van der Waals surface area contributed by atoms with Crippen LogP contribution in [0.3, 0.4) is 0 Å². The van der Waals surface area contributed by atoms with Crippen molar-refractivity contribution in [1.82, 2.24) is 0 Å². The monoisotopic (exact) mass is 390 g/mol. The lowest BCUT2D eigenvalue weighted by Gasteiger charge is -2.00. The molecule has 0 atom stereocenters. The Morgan fingerprint density at radius 3 is 1.64 bits per heavy atom. The van der Waals surface area contributed by atoms with Crippen molar-refractivity contribution < 1.29 is 14.3 Å². The highest BCUT2D eigenvalue weighted by Gasteiger charge is 1.93. The van der Waals surface area contributed by atoms with E-state index in [1.807, 2.05) is 6.08 Å². The predicted octanol–water partition coefficient (Wildman–Crippen LogP) is 7.27. The van der Waals surface area contributed by atoms with Gasteiger partial charge in [-0.2, -0.15) is 0 Å². The first-order chi connectivity index (χ1) is 13.7. The Hall–Kier alpha value is -1.64. The number of hydrogen-bond acceptors (Lipinski definition) is 3. The summed E-state index contributed by atoms with van der Waals surface area (Å²) in [5.74, 6) is -0.389. The third kappa shape index (κ3) is 22.4. The summed E-state index contributed by atoms with van der Waals surface area (Å²) in [7, 11) is 0. The minimum atomic E-state index is -0.336. The molecular formula is C25H42O3. The maximum Gasteiger partial charge on any atom is 0.302 e. The fraction of sp³-hybridized carbons (Fsp3) is 0.680. The average Bonchev–Trinajstić information content (AvgIpc) is 2.67. The molecule has 3 heteroatoms.